The third-order valence-electron chi connectivity index (χ3n) is 5.48. The van der Waals surface area contributed by atoms with Crippen molar-refractivity contribution in [3.63, 3.8) is 0 Å². The minimum atomic E-state index is -0.155. The Morgan fingerprint density at radius 2 is 1.83 bits per heavy atom. The number of guanidine groups is 1. The summed E-state index contributed by atoms with van der Waals surface area (Å²) in [4.78, 5) is 18.8. The molecule has 0 saturated carbocycles. The lowest BCUT2D eigenvalue weighted by molar-refractivity contribution is 0.0925. The predicted molar refractivity (Wildman–Crippen MR) is 132 cm³/mol. The lowest BCUT2D eigenvalue weighted by Crippen LogP contribution is -2.46. The van der Waals surface area contributed by atoms with Crippen molar-refractivity contribution in [3.8, 4) is 0 Å². The monoisotopic (exact) mass is 524 g/mol. The van der Waals surface area contributed by atoms with E-state index >= 15 is 0 Å². The summed E-state index contributed by atoms with van der Waals surface area (Å²) in [5.41, 5.74) is 2.29. The molecule has 1 fully saturated rings. The average Bonchev–Trinajstić information content (AvgIpc) is 3.18. The van der Waals surface area contributed by atoms with Crippen LogP contribution in [0.2, 0.25) is 0 Å². The van der Waals surface area contributed by atoms with Crippen LogP contribution in [-0.2, 0) is 6.42 Å². The molecule has 2 aromatic rings. The first-order valence-corrected chi connectivity index (χ1v) is 10.5. The van der Waals surface area contributed by atoms with Crippen LogP contribution in [0.5, 0.6) is 0 Å². The highest BCUT2D eigenvalue weighted by Gasteiger charge is 2.21. The first kappa shape index (κ1) is 24.2. The first-order valence-electron chi connectivity index (χ1n) is 10.5. The summed E-state index contributed by atoms with van der Waals surface area (Å²) in [6, 6.07) is 12.6. The van der Waals surface area contributed by atoms with Crippen LogP contribution in [0.15, 0.2) is 52.1 Å². The van der Waals surface area contributed by atoms with Gasteiger partial charge in [0.15, 0.2) is 11.7 Å². The second-order valence-electron chi connectivity index (χ2n) is 7.64. The van der Waals surface area contributed by atoms with Gasteiger partial charge < -0.3 is 20.0 Å². The Bertz CT molecular complexity index is 799. The number of furan rings is 1. The van der Waals surface area contributed by atoms with Crippen molar-refractivity contribution in [2.24, 2.45) is 10.9 Å². The van der Waals surface area contributed by atoms with Crippen LogP contribution in [0.4, 0.5) is 0 Å². The molecule has 2 N–H and O–H groups in total. The van der Waals surface area contributed by atoms with Crippen molar-refractivity contribution < 1.29 is 9.21 Å². The summed E-state index contributed by atoms with van der Waals surface area (Å²) in [6.07, 6.45) is 5.91. The third-order valence-corrected chi connectivity index (χ3v) is 5.48. The molecule has 164 valence electrons. The second-order valence-corrected chi connectivity index (χ2v) is 7.64. The van der Waals surface area contributed by atoms with Gasteiger partial charge in [0.1, 0.15) is 0 Å². The molecule has 1 aromatic carbocycles. The third kappa shape index (κ3) is 7.04. The molecule has 0 radical (unpaired) electrons. The number of rotatable bonds is 7. The minimum absolute atomic E-state index is 0. The van der Waals surface area contributed by atoms with E-state index in [1.54, 1.807) is 12.3 Å². The summed E-state index contributed by atoms with van der Waals surface area (Å²) in [5.74, 6) is 1.94. The number of piperidine rings is 1. The van der Waals surface area contributed by atoms with Gasteiger partial charge in [-0.2, -0.15) is 0 Å². The predicted octanol–water partition coefficient (Wildman–Crippen LogP) is 3.86. The highest BCUT2D eigenvalue weighted by molar-refractivity contribution is 14.0. The highest BCUT2D eigenvalue weighted by Crippen LogP contribution is 2.21. The number of hydrogen-bond donors (Lipinski definition) is 2. The van der Waals surface area contributed by atoms with Crippen molar-refractivity contribution >= 4 is 35.8 Å². The Balaban J connectivity index is 0.00000320. The molecular weight excluding hydrogens is 491 g/mol. The fourth-order valence-corrected chi connectivity index (χ4v) is 3.80. The number of nitrogens with zero attached hydrogens (tertiary/aromatic N) is 2. The highest BCUT2D eigenvalue weighted by atomic mass is 127. The minimum Gasteiger partial charge on any atom is -0.459 e. The van der Waals surface area contributed by atoms with Gasteiger partial charge in [-0.25, -0.2) is 0 Å². The molecule has 1 saturated heterocycles. The number of carbonyl (C=O) groups excluding carboxylic acids is 1. The number of amides is 1. The van der Waals surface area contributed by atoms with Gasteiger partial charge in [0.05, 0.1) is 6.26 Å². The second kappa shape index (κ2) is 12.6. The summed E-state index contributed by atoms with van der Waals surface area (Å²) >= 11 is 0. The zero-order valence-corrected chi connectivity index (χ0v) is 20.2. The molecule has 6 nitrogen and oxygen atoms in total. The fourth-order valence-electron chi connectivity index (χ4n) is 3.80. The van der Waals surface area contributed by atoms with Gasteiger partial charge in [-0.3, -0.25) is 9.79 Å². The lowest BCUT2D eigenvalue weighted by Gasteiger charge is -2.34. The quantitative estimate of drug-likeness (QED) is 0.250. The maximum absolute atomic E-state index is 12.0. The normalized spacial score (nSPS) is 14.9. The van der Waals surface area contributed by atoms with Crippen molar-refractivity contribution in [3.05, 3.63) is 59.5 Å². The van der Waals surface area contributed by atoms with E-state index in [0.29, 0.717) is 12.3 Å². The Kier molecular flexibility index (Phi) is 10.2. The van der Waals surface area contributed by atoms with E-state index in [1.165, 1.54) is 18.4 Å². The number of halogens is 1. The van der Waals surface area contributed by atoms with Crippen LogP contribution in [-0.4, -0.2) is 50.0 Å². The van der Waals surface area contributed by atoms with Crippen LogP contribution in [0.3, 0.4) is 0 Å². The lowest BCUT2D eigenvalue weighted by atomic mass is 9.90. The van der Waals surface area contributed by atoms with Crippen LogP contribution in [0.25, 0.3) is 0 Å². The van der Waals surface area contributed by atoms with Crippen LogP contribution < -0.4 is 10.6 Å². The number of aryl methyl sites for hydroxylation is 1. The van der Waals surface area contributed by atoms with Crippen LogP contribution in [0.1, 0.15) is 40.9 Å². The molecule has 0 unspecified atom stereocenters. The molecule has 1 aliphatic heterocycles. The average molecular weight is 524 g/mol. The van der Waals surface area contributed by atoms with Gasteiger partial charge >= 0.3 is 0 Å². The van der Waals surface area contributed by atoms with Gasteiger partial charge in [-0.05, 0) is 50.2 Å². The molecular formula is C23H33IN4O2. The zero-order chi connectivity index (χ0) is 20.5. The summed E-state index contributed by atoms with van der Waals surface area (Å²) in [5, 5.41) is 6.32. The van der Waals surface area contributed by atoms with Crippen molar-refractivity contribution in [1.82, 2.24) is 15.5 Å². The molecule has 0 spiro atoms. The van der Waals surface area contributed by atoms with E-state index in [2.05, 4.69) is 50.9 Å². The van der Waals surface area contributed by atoms with E-state index in [-0.39, 0.29) is 29.9 Å². The van der Waals surface area contributed by atoms with Gasteiger partial charge in [-0.15, -0.1) is 24.0 Å². The van der Waals surface area contributed by atoms with E-state index in [9.17, 15) is 4.79 Å². The molecule has 2 heterocycles. The number of hydrogen-bond acceptors (Lipinski definition) is 3. The zero-order valence-electron chi connectivity index (χ0n) is 17.9. The molecule has 1 aromatic heterocycles. The molecule has 30 heavy (non-hydrogen) atoms. The van der Waals surface area contributed by atoms with E-state index in [0.717, 1.165) is 49.9 Å². The van der Waals surface area contributed by atoms with Gasteiger partial charge in [-0.1, -0.05) is 30.3 Å². The smallest absolute Gasteiger partial charge is 0.287 e. The van der Waals surface area contributed by atoms with Crippen molar-refractivity contribution in [2.75, 3.05) is 33.2 Å². The van der Waals surface area contributed by atoms with Crippen LogP contribution >= 0.6 is 24.0 Å². The van der Waals surface area contributed by atoms with Crippen LogP contribution in [0, 0.1) is 12.8 Å². The molecule has 0 atom stereocenters. The van der Waals surface area contributed by atoms with E-state index < -0.39 is 0 Å². The number of nitrogens with one attached hydrogen (secondary N) is 2. The summed E-state index contributed by atoms with van der Waals surface area (Å²) in [7, 11) is 1.83. The number of carbonyl (C=O) groups is 1. The molecule has 7 heteroatoms. The molecule has 1 amide bonds. The van der Waals surface area contributed by atoms with Gasteiger partial charge in [0, 0.05) is 38.8 Å². The number of aliphatic imine (C=N–C) groups is 1. The maximum atomic E-state index is 12.0. The molecule has 0 bridgehead atoms. The summed E-state index contributed by atoms with van der Waals surface area (Å²) < 4.78 is 5.21. The van der Waals surface area contributed by atoms with Crippen molar-refractivity contribution in [2.45, 2.75) is 32.6 Å². The van der Waals surface area contributed by atoms with E-state index in [1.807, 2.05) is 14.0 Å². The summed E-state index contributed by atoms with van der Waals surface area (Å²) in [6.45, 7) is 5.31. The fraction of sp³-hybridized carbons (Fsp3) is 0.478. The number of benzene rings is 1. The standard InChI is InChI=1S/C23H32N4O2.HI/c1-18-11-16-29-21(18)22(28)25-12-6-13-26-23(24-2)27-14-9-20(10-15-27)17-19-7-4-3-5-8-19;/h3-5,7-8,11,16,20H,6,9-10,12-15,17H2,1-2H3,(H,24,26)(H,25,28);1H. The van der Waals surface area contributed by atoms with Gasteiger partial charge in [0.25, 0.3) is 5.91 Å². The Hall–Kier alpha value is -2.03. The first-order chi connectivity index (χ1) is 14.2. The Morgan fingerprint density at radius 3 is 2.47 bits per heavy atom. The molecule has 1 aliphatic rings. The molecule has 0 aliphatic carbocycles. The molecule has 3 rings (SSSR count). The van der Waals surface area contributed by atoms with Gasteiger partial charge in [0.2, 0.25) is 0 Å². The topological polar surface area (TPSA) is 69.9 Å². The van der Waals surface area contributed by atoms with Crippen molar-refractivity contribution in [1.29, 1.82) is 0 Å². The number of likely N-dealkylation sites (tertiary alicyclic amines) is 1. The van der Waals surface area contributed by atoms with E-state index in [4.69, 9.17) is 4.42 Å². The maximum Gasteiger partial charge on any atom is 0.287 e. The Morgan fingerprint density at radius 1 is 1.13 bits per heavy atom. The SMILES string of the molecule is CN=C(NCCCNC(=O)c1occc1C)N1CCC(Cc2ccccc2)CC1.I. The Labute approximate surface area is 196 Å². The largest absolute Gasteiger partial charge is 0.459 e.